The van der Waals surface area contributed by atoms with Crippen molar-refractivity contribution in [2.45, 2.75) is 53.1 Å². The molecule has 1 aliphatic rings. The molecule has 19 heavy (non-hydrogen) atoms. The lowest BCUT2D eigenvalue weighted by Crippen LogP contribution is -2.53. The van der Waals surface area contributed by atoms with E-state index in [-0.39, 0.29) is 0 Å². The smallest absolute Gasteiger partial charge is 0.0539 e. The molecule has 3 nitrogen and oxygen atoms in total. The average Bonchev–Trinajstić information content (AvgIpc) is 2.39. The van der Waals surface area contributed by atoms with E-state index in [9.17, 15) is 0 Å². The first-order valence-corrected chi connectivity index (χ1v) is 7.63. The van der Waals surface area contributed by atoms with Gasteiger partial charge in [0.1, 0.15) is 0 Å². The minimum Gasteiger partial charge on any atom is -0.298 e. The second-order valence-corrected chi connectivity index (χ2v) is 5.75. The minimum absolute atomic E-state index is 0.433. The molecule has 1 fully saturated rings. The Morgan fingerprint density at radius 2 is 1.63 bits per heavy atom. The summed E-state index contributed by atoms with van der Waals surface area (Å²) in [5.74, 6) is 0. The molecule has 1 aliphatic heterocycles. The van der Waals surface area contributed by atoms with Gasteiger partial charge in [-0.3, -0.25) is 14.8 Å². The lowest BCUT2D eigenvalue weighted by atomic mass is 10.0. The molecular formula is C16H31N3. The van der Waals surface area contributed by atoms with Crippen molar-refractivity contribution in [2.24, 2.45) is 4.99 Å². The zero-order chi connectivity index (χ0) is 14.4. The maximum absolute atomic E-state index is 4.53. The fourth-order valence-electron chi connectivity index (χ4n) is 2.92. The molecule has 0 spiro atoms. The van der Waals surface area contributed by atoms with Crippen LogP contribution in [-0.2, 0) is 0 Å². The SMILES string of the molecule is CC/C=C(/C)C(=NC)C(C)N1CCN(C(C)C)CC1. The standard InChI is InChI=1S/C16H31N3/c1-7-8-14(4)16(17-6)15(5)19-11-9-18(10-12-19)13(2)3/h8,13,15H,7,9-12H2,1-6H3/b14-8-,17-16?. The average molecular weight is 265 g/mol. The highest BCUT2D eigenvalue weighted by Gasteiger charge is 2.25. The van der Waals surface area contributed by atoms with Gasteiger partial charge >= 0.3 is 0 Å². The van der Waals surface area contributed by atoms with Crippen LogP contribution in [0.3, 0.4) is 0 Å². The molecule has 0 radical (unpaired) electrons. The number of rotatable bonds is 5. The fourth-order valence-corrected chi connectivity index (χ4v) is 2.92. The topological polar surface area (TPSA) is 18.8 Å². The molecule has 110 valence electrons. The summed E-state index contributed by atoms with van der Waals surface area (Å²) < 4.78 is 0. The number of nitrogens with zero attached hydrogens (tertiary/aromatic N) is 3. The predicted molar refractivity (Wildman–Crippen MR) is 85.2 cm³/mol. The molecule has 0 aromatic carbocycles. The van der Waals surface area contributed by atoms with E-state index in [1.165, 1.54) is 24.4 Å². The van der Waals surface area contributed by atoms with Gasteiger partial charge in [0.2, 0.25) is 0 Å². The summed E-state index contributed by atoms with van der Waals surface area (Å²) in [6.45, 7) is 15.9. The highest BCUT2D eigenvalue weighted by molar-refractivity contribution is 6.03. The van der Waals surface area contributed by atoms with Crippen molar-refractivity contribution in [3.05, 3.63) is 11.6 Å². The van der Waals surface area contributed by atoms with Crippen molar-refractivity contribution in [3.63, 3.8) is 0 Å². The largest absolute Gasteiger partial charge is 0.298 e. The van der Waals surface area contributed by atoms with Crippen molar-refractivity contribution in [2.75, 3.05) is 33.2 Å². The molecule has 3 heteroatoms. The first-order chi connectivity index (χ1) is 9.01. The Hall–Kier alpha value is -0.670. The summed E-state index contributed by atoms with van der Waals surface area (Å²) in [7, 11) is 1.92. The van der Waals surface area contributed by atoms with Crippen LogP contribution in [0.2, 0.25) is 0 Å². The Morgan fingerprint density at radius 3 is 2.05 bits per heavy atom. The van der Waals surface area contributed by atoms with Crippen LogP contribution in [0.5, 0.6) is 0 Å². The molecule has 0 aliphatic carbocycles. The molecule has 0 aromatic heterocycles. The Labute approximate surface area is 119 Å². The fraction of sp³-hybridized carbons (Fsp3) is 0.812. The number of hydrogen-bond donors (Lipinski definition) is 0. The molecule has 1 heterocycles. The summed E-state index contributed by atoms with van der Waals surface area (Å²) in [5.41, 5.74) is 2.59. The van der Waals surface area contributed by atoms with E-state index < -0.39 is 0 Å². The lowest BCUT2D eigenvalue weighted by Gasteiger charge is -2.40. The first-order valence-electron chi connectivity index (χ1n) is 7.63. The number of hydrogen-bond acceptors (Lipinski definition) is 3. The van der Waals surface area contributed by atoms with Crippen LogP contribution in [0, 0.1) is 0 Å². The third-order valence-corrected chi connectivity index (χ3v) is 4.18. The summed E-state index contributed by atoms with van der Waals surface area (Å²) in [6, 6.07) is 1.10. The quantitative estimate of drug-likeness (QED) is 0.712. The molecular weight excluding hydrogens is 234 g/mol. The normalized spacial score (nSPS) is 22.1. The maximum atomic E-state index is 4.53. The van der Waals surface area contributed by atoms with Crippen LogP contribution in [-0.4, -0.2) is 60.8 Å². The minimum atomic E-state index is 0.433. The summed E-state index contributed by atoms with van der Waals surface area (Å²) in [5, 5.41) is 0. The van der Waals surface area contributed by atoms with E-state index in [1.807, 2.05) is 7.05 Å². The third-order valence-electron chi connectivity index (χ3n) is 4.18. The van der Waals surface area contributed by atoms with Gasteiger partial charge in [-0.1, -0.05) is 13.0 Å². The van der Waals surface area contributed by atoms with Gasteiger partial charge in [0.25, 0.3) is 0 Å². The molecule has 0 bridgehead atoms. The zero-order valence-electron chi connectivity index (χ0n) is 13.6. The van der Waals surface area contributed by atoms with Gasteiger partial charge in [-0.25, -0.2) is 0 Å². The van der Waals surface area contributed by atoms with E-state index in [0.29, 0.717) is 12.1 Å². The second-order valence-electron chi connectivity index (χ2n) is 5.75. The molecule has 1 atom stereocenters. The molecule has 0 N–H and O–H groups in total. The summed E-state index contributed by atoms with van der Waals surface area (Å²) in [4.78, 5) is 9.65. The molecule has 1 saturated heterocycles. The monoisotopic (exact) mass is 265 g/mol. The Kier molecular flexibility index (Phi) is 6.73. The molecule has 1 rings (SSSR count). The number of allylic oxidation sites excluding steroid dienone is 1. The van der Waals surface area contributed by atoms with Crippen molar-refractivity contribution >= 4 is 5.71 Å². The van der Waals surface area contributed by atoms with Gasteiger partial charge in [-0.05, 0) is 39.7 Å². The summed E-state index contributed by atoms with van der Waals surface area (Å²) >= 11 is 0. The molecule has 0 aromatic rings. The van der Waals surface area contributed by atoms with Crippen LogP contribution in [0.15, 0.2) is 16.6 Å². The number of aliphatic imine (C=N–C) groups is 1. The molecule has 0 amide bonds. The molecule has 1 unspecified atom stereocenters. The Morgan fingerprint density at radius 1 is 1.11 bits per heavy atom. The Bertz CT molecular complexity index is 323. The van der Waals surface area contributed by atoms with Crippen LogP contribution in [0.25, 0.3) is 0 Å². The van der Waals surface area contributed by atoms with Crippen molar-refractivity contribution in [1.29, 1.82) is 0 Å². The zero-order valence-corrected chi connectivity index (χ0v) is 13.6. The van der Waals surface area contributed by atoms with Gasteiger partial charge in [0, 0.05) is 45.3 Å². The van der Waals surface area contributed by atoms with Gasteiger partial charge in [0.05, 0.1) is 5.71 Å². The lowest BCUT2D eigenvalue weighted by molar-refractivity contribution is 0.100. The number of piperazine rings is 1. The van der Waals surface area contributed by atoms with Crippen LogP contribution in [0.4, 0.5) is 0 Å². The van der Waals surface area contributed by atoms with Crippen molar-refractivity contribution < 1.29 is 0 Å². The van der Waals surface area contributed by atoms with E-state index >= 15 is 0 Å². The van der Waals surface area contributed by atoms with Gasteiger partial charge < -0.3 is 0 Å². The third kappa shape index (κ3) is 4.43. The highest BCUT2D eigenvalue weighted by atomic mass is 15.3. The van der Waals surface area contributed by atoms with E-state index in [2.05, 4.69) is 55.5 Å². The van der Waals surface area contributed by atoms with Crippen molar-refractivity contribution in [3.8, 4) is 0 Å². The van der Waals surface area contributed by atoms with Gasteiger partial charge in [-0.2, -0.15) is 0 Å². The van der Waals surface area contributed by atoms with Gasteiger partial charge in [-0.15, -0.1) is 0 Å². The highest BCUT2D eigenvalue weighted by Crippen LogP contribution is 2.14. The van der Waals surface area contributed by atoms with Gasteiger partial charge in [0.15, 0.2) is 0 Å². The summed E-state index contributed by atoms with van der Waals surface area (Å²) in [6.07, 6.45) is 3.36. The van der Waals surface area contributed by atoms with Crippen LogP contribution in [0.1, 0.15) is 41.0 Å². The van der Waals surface area contributed by atoms with Crippen LogP contribution >= 0.6 is 0 Å². The van der Waals surface area contributed by atoms with E-state index in [0.717, 1.165) is 19.5 Å². The van der Waals surface area contributed by atoms with E-state index in [1.54, 1.807) is 0 Å². The van der Waals surface area contributed by atoms with Crippen molar-refractivity contribution in [1.82, 2.24) is 9.80 Å². The molecule has 0 saturated carbocycles. The second kappa shape index (κ2) is 7.81. The first kappa shape index (κ1) is 16.4. The van der Waals surface area contributed by atoms with E-state index in [4.69, 9.17) is 0 Å². The maximum Gasteiger partial charge on any atom is 0.0539 e. The van der Waals surface area contributed by atoms with Crippen LogP contribution < -0.4 is 0 Å². The predicted octanol–water partition coefficient (Wildman–Crippen LogP) is 2.83. The Balaban J connectivity index is 2.63.